The van der Waals surface area contributed by atoms with E-state index in [9.17, 15) is 4.79 Å². The van der Waals surface area contributed by atoms with Gasteiger partial charge in [-0.3, -0.25) is 4.79 Å². The molecule has 2 N–H and O–H groups in total. The van der Waals surface area contributed by atoms with E-state index in [4.69, 9.17) is 5.11 Å². The van der Waals surface area contributed by atoms with Crippen LogP contribution in [0.2, 0.25) is 0 Å². The Balaban J connectivity index is 2.48. The molecule has 2 unspecified atom stereocenters. The largest absolute Gasteiger partial charge is 0.469 e. The van der Waals surface area contributed by atoms with Crippen LogP contribution in [0.15, 0.2) is 0 Å². The first-order valence-electron chi connectivity index (χ1n) is 4.69. The van der Waals surface area contributed by atoms with E-state index in [0.29, 0.717) is 0 Å². The lowest BCUT2D eigenvalue weighted by molar-refractivity contribution is -0.149. The molecule has 0 aliphatic carbocycles. The van der Waals surface area contributed by atoms with E-state index < -0.39 is 0 Å². The van der Waals surface area contributed by atoms with Gasteiger partial charge in [0.1, 0.15) is 0 Å². The average molecular weight is 187 g/mol. The van der Waals surface area contributed by atoms with Crippen LogP contribution < -0.4 is 5.32 Å². The van der Waals surface area contributed by atoms with Gasteiger partial charge in [0, 0.05) is 0 Å². The first-order chi connectivity index (χ1) is 6.29. The molecule has 1 aliphatic rings. The van der Waals surface area contributed by atoms with E-state index in [2.05, 4.69) is 10.1 Å². The maximum atomic E-state index is 11.2. The number of methoxy groups -OCH3 is 1. The van der Waals surface area contributed by atoms with Crippen molar-refractivity contribution in [3.05, 3.63) is 0 Å². The van der Waals surface area contributed by atoms with Crippen LogP contribution in [0.4, 0.5) is 0 Å². The van der Waals surface area contributed by atoms with Crippen LogP contribution in [0.1, 0.15) is 12.8 Å². The number of aliphatic hydroxyl groups excluding tert-OH is 1. The Morgan fingerprint density at radius 2 is 2.54 bits per heavy atom. The van der Waals surface area contributed by atoms with Gasteiger partial charge in [-0.05, 0) is 31.8 Å². The lowest BCUT2D eigenvalue weighted by Crippen LogP contribution is -2.39. The number of piperidine rings is 1. The molecule has 0 amide bonds. The van der Waals surface area contributed by atoms with E-state index in [1.165, 1.54) is 7.11 Å². The summed E-state index contributed by atoms with van der Waals surface area (Å²) in [6, 6.07) is 0. The Bertz CT molecular complexity index is 166. The summed E-state index contributed by atoms with van der Waals surface area (Å²) in [5.41, 5.74) is 0. The van der Waals surface area contributed by atoms with Crippen molar-refractivity contribution in [3.8, 4) is 0 Å². The van der Waals surface area contributed by atoms with Gasteiger partial charge < -0.3 is 15.2 Å². The van der Waals surface area contributed by atoms with Crippen LogP contribution in [0.25, 0.3) is 0 Å². The van der Waals surface area contributed by atoms with Crippen LogP contribution in [0, 0.1) is 11.8 Å². The predicted octanol–water partition coefficient (Wildman–Crippen LogP) is -0.233. The highest BCUT2D eigenvalue weighted by Gasteiger charge is 2.29. The first kappa shape index (κ1) is 10.5. The molecule has 0 saturated carbocycles. The zero-order chi connectivity index (χ0) is 9.68. The number of carbonyl (C=O) groups excluding carboxylic acids is 1. The highest BCUT2D eigenvalue weighted by atomic mass is 16.5. The minimum atomic E-state index is -0.349. The second kappa shape index (κ2) is 5.19. The third kappa shape index (κ3) is 2.67. The Kier molecular flexibility index (Phi) is 4.18. The van der Waals surface area contributed by atoms with Crippen molar-refractivity contribution >= 4 is 5.97 Å². The van der Waals surface area contributed by atoms with Gasteiger partial charge in [-0.25, -0.2) is 0 Å². The SMILES string of the molecule is COC(=O)C(CO)C1CCCNC1. The van der Waals surface area contributed by atoms with Gasteiger partial charge in [-0.2, -0.15) is 0 Å². The van der Waals surface area contributed by atoms with Crippen molar-refractivity contribution in [3.63, 3.8) is 0 Å². The number of hydrogen-bond acceptors (Lipinski definition) is 4. The zero-order valence-electron chi connectivity index (χ0n) is 7.95. The zero-order valence-corrected chi connectivity index (χ0v) is 7.95. The van der Waals surface area contributed by atoms with Gasteiger partial charge in [-0.15, -0.1) is 0 Å². The highest BCUT2D eigenvalue weighted by molar-refractivity contribution is 5.72. The number of aliphatic hydroxyl groups is 1. The molecule has 0 spiro atoms. The molecule has 13 heavy (non-hydrogen) atoms. The molecule has 4 nitrogen and oxygen atoms in total. The van der Waals surface area contributed by atoms with Gasteiger partial charge in [0.25, 0.3) is 0 Å². The minimum absolute atomic E-state index is 0.112. The van der Waals surface area contributed by atoms with E-state index in [-0.39, 0.29) is 24.4 Å². The van der Waals surface area contributed by atoms with Crippen molar-refractivity contribution in [1.29, 1.82) is 0 Å². The molecular formula is C9H17NO3. The number of nitrogens with one attached hydrogen (secondary N) is 1. The maximum absolute atomic E-state index is 11.2. The lowest BCUT2D eigenvalue weighted by Gasteiger charge is -2.27. The summed E-state index contributed by atoms with van der Waals surface area (Å²) in [6.07, 6.45) is 2.06. The summed E-state index contributed by atoms with van der Waals surface area (Å²) in [5, 5.41) is 12.3. The highest BCUT2D eigenvalue weighted by Crippen LogP contribution is 2.20. The summed E-state index contributed by atoms with van der Waals surface area (Å²) >= 11 is 0. The van der Waals surface area contributed by atoms with Gasteiger partial charge >= 0.3 is 5.97 Å². The lowest BCUT2D eigenvalue weighted by atomic mass is 9.87. The second-order valence-electron chi connectivity index (χ2n) is 3.42. The predicted molar refractivity (Wildman–Crippen MR) is 48.2 cm³/mol. The summed E-state index contributed by atoms with van der Waals surface area (Å²) in [5.74, 6) is -0.416. The molecule has 0 bridgehead atoms. The molecule has 1 rings (SSSR count). The summed E-state index contributed by atoms with van der Waals surface area (Å²) in [6.45, 7) is 1.70. The molecule has 1 aliphatic heterocycles. The van der Waals surface area contributed by atoms with Crippen molar-refractivity contribution in [2.24, 2.45) is 11.8 Å². The third-order valence-corrected chi connectivity index (χ3v) is 2.60. The number of carbonyl (C=O) groups is 1. The quantitative estimate of drug-likeness (QED) is 0.599. The molecule has 1 saturated heterocycles. The summed E-state index contributed by atoms with van der Waals surface area (Å²) in [7, 11) is 1.36. The summed E-state index contributed by atoms with van der Waals surface area (Å²) < 4.78 is 4.63. The van der Waals surface area contributed by atoms with Crippen molar-refractivity contribution in [2.75, 3.05) is 26.8 Å². The minimum Gasteiger partial charge on any atom is -0.469 e. The Morgan fingerprint density at radius 1 is 1.77 bits per heavy atom. The fraction of sp³-hybridized carbons (Fsp3) is 0.889. The number of ether oxygens (including phenoxy) is 1. The third-order valence-electron chi connectivity index (χ3n) is 2.60. The Morgan fingerprint density at radius 3 is 3.00 bits per heavy atom. The van der Waals surface area contributed by atoms with Crippen molar-refractivity contribution < 1.29 is 14.6 Å². The van der Waals surface area contributed by atoms with Gasteiger partial charge in [-0.1, -0.05) is 0 Å². The fourth-order valence-corrected chi connectivity index (χ4v) is 1.79. The van der Waals surface area contributed by atoms with Crippen LogP contribution in [-0.2, 0) is 9.53 Å². The van der Waals surface area contributed by atoms with Gasteiger partial charge in [0.2, 0.25) is 0 Å². The molecule has 4 heteroatoms. The molecule has 1 heterocycles. The van der Waals surface area contributed by atoms with Crippen LogP contribution >= 0.6 is 0 Å². The second-order valence-corrected chi connectivity index (χ2v) is 3.42. The molecule has 0 aromatic rings. The van der Waals surface area contributed by atoms with E-state index >= 15 is 0 Å². The van der Waals surface area contributed by atoms with E-state index in [1.54, 1.807) is 0 Å². The molecule has 76 valence electrons. The van der Waals surface area contributed by atoms with Crippen LogP contribution in [0.5, 0.6) is 0 Å². The van der Waals surface area contributed by atoms with Crippen LogP contribution in [0.3, 0.4) is 0 Å². The normalized spacial score (nSPS) is 25.2. The number of hydrogen-bond donors (Lipinski definition) is 2. The maximum Gasteiger partial charge on any atom is 0.311 e. The van der Waals surface area contributed by atoms with Gasteiger partial charge in [0.05, 0.1) is 19.6 Å². The van der Waals surface area contributed by atoms with Crippen LogP contribution in [-0.4, -0.2) is 37.9 Å². The smallest absolute Gasteiger partial charge is 0.311 e. The average Bonchev–Trinajstić information content (AvgIpc) is 2.20. The van der Waals surface area contributed by atoms with Crippen molar-refractivity contribution in [2.45, 2.75) is 12.8 Å². The monoisotopic (exact) mass is 187 g/mol. The topological polar surface area (TPSA) is 58.6 Å². The molecule has 0 aromatic heterocycles. The van der Waals surface area contributed by atoms with Crippen molar-refractivity contribution in [1.82, 2.24) is 5.32 Å². The Labute approximate surface area is 78.3 Å². The van der Waals surface area contributed by atoms with Gasteiger partial charge in [0.15, 0.2) is 0 Å². The summed E-state index contributed by atoms with van der Waals surface area (Å²) in [4.78, 5) is 11.2. The molecular weight excluding hydrogens is 170 g/mol. The molecule has 1 fully saturated rings. The Hall–Kier alpha value is -0.610. The number of rotatable bonds is 3. The number of esters is 1. The van der Waals surface area contributed by atoms with E-state index in [1.807, 2.05) is 0 Å². The van der Waals surface area contributed by atoms with E-state index in [0.717, 1.165) is 25.9 Å². The first-order valence-corrected chi connectivity index (χ1v) is 4.69. The molecule has 0 radical (unpaired) electrons. The standard InChI is InChI=1S/C9H17NO3/c1-13-9(12)8(6-11)7-3-2-4-10-5-7/h7-8,10-11H,2-6H2,1H3. The molecule has 2 atom stereocenters. The fourth-order valence-electron chi connectivity index (χ4n) is 1.79. The molecule has 0 aromatic carbocycles.